The second-order valence-electron chi connectivity index (χ2n) is 4.49. The topological polar surface area (TPSA) is 37.4 Å². The maximum absolute atomic E-state index is 11.5. The standard InChI is InChI=1S/C8H13NO2S/c1-9-7-4-6-2-3-8(6,7)5-12(9,10)11/h6-7H,2-5H2,1H3/t6?,7-,8+/m0/s1. The highest BCUT2D eigenvalue weighted by atomic mass is 32.2. The Kier molecular flexibility index (Phi) is 1.05. The lowest BCUT2D eigenvalue weighted by molar-refractivity contribution is -0.100. The first-order valence-corrected chi connectivity index (χ1v) is 6.13. The van der Waals surface area contributed by atoms with Crippen LogP contribution in [0.5, 0.6) is 0 Å². The van der Waals surface area contributed by atoms with Gasteiger partial charge in [0.25, 0.3) is 0 Å². The van der Waals surface area contributed by atoms with Crippen LogP contribution in [0.1, 0.15) is 19.3 Å². The van der Waals surface area contributed by atoms with Crippen molar-refractivity contribution < 1.29 is 8.42 Å². The minimum Gasteiger partial charge on any atom is -0.212 e. The molecule has 0 aromatic carbocycles. The molecule has 0 aromatic rings. The molecule has 0 radical (unpaired) electrons. The van der Waals surface area contributed by atoms with E-state index in [0.717, 1.165) is 18.8 Å². The van der Waals surface area contributed by atoms with Gasteiger partial charge in [0, 0.05) is 18.5 Å². The lowest BCUT2D eigenvalue weighted by atomic mass is 9.46. The molecule has 68 valence electrons. The minimum absolute atomic E-state index is 0.216. The summed E-state index contributed by atoms with van der Waals surface area (Å²) in [6.45, 7) is 0. The van der Waals surface area contributed by atoms with Gasteiger partial charge in [0.2, 0.25) is 10.0 Å². The van der Waals surface area contributed by atoms with Crippen molar-refractivity contribution in [3.8, 4) is 0 Å². The quantitative estimate of drug-likeness (QED) is 0.551. The molecule has 2 aliphatic carbocycles. The van der Waals surface area contributed by atoms with Crippen LogP contribution in [0.25, 0.3) is 0 Å². The molecular formula is C8H13NO2S. The van der Waals surface area contributed by atoms with Gasteiger partial charge in [-0.3, -0.25) is 0 Å². The van der Waals surface area contributed by atoms with Crippen molar-refractivity contribution in [1.29, 1.82) is 0 Å². The monoisotopic (exact) mass is 187 g/mol. The molecule has 0 amide bonds. The molecule has 1 heterocycles. The van der Waals surface area contributed by atoms with Gasteiger partial charge in [-0.05, 0) is 25.2 Å². The summed E-state index contributed by atoms with van der Waals surface area (Å²) in [5.41, 5.74) is 0.216. The third-order valence-electron chi connectivity index (χ3n) is 4.27. The minimum atomic E-state index is -2.87. The predicted octanol–water partition coefficient (Wildman–Crippen LogP) is 0.430. The zero-order valence-corrected chi connectivity index (χ0v) is 7.97. The van der Waals surface area contributed by atoms with E-state index in [0.29, 0.717) is 11.8 Å². The van der Waals surface area contributed by atoms with Gasteiger partial charge in [0.1, 0.15) is 0 Å². The highest BCUT2D eigenvalue weighted by molar-refractivity contribution is 7.89. The van der Waals surface area contributed by atoms with Crippen molar-refractivity contribution in [3.05, 3.63) is 0 Å². The zero-order chi connectivity index (χ0) is 8.56. The van der Waals surface area contributed by atoms with E-state index in [4.69, 9.17) is 0 Å². The van der Waals surface area contributed by atoms with Crippen molar-refractivity contribution in [3.63, 3.8) is 0 Å². The molecule has 1 unspecified atom stereocenters. The lowest BCUT2D eigenvalue weighted by Gasteiger charge is -2.60. The van der Waals surface area contributed by atoms with Gasteiger partial charge >= 0.3 is 0 Å². The van der Waals surface area contributed by atoms with Crippen LogP contribution < -0.4 is 0 Å². The van der Waals surface area contributed by atoms with E-state index in [-0.39, 0.29) is 5.41 Å². The molecule has 1 aliphatic heterocycles. The summed E-state index contributed by atoms with van der Waals surface area (Å²) in [5.74, 6) is 1.17. The van der Waals surface area contributed by atoms with Crippen LogP contribution in [0.4, 0.5) is 0 Å². The number of rotatable bonds is 0. The van der Waals surface area contributed by atoms with Crippen LogP contribution in [0, 0.1) is 11.3 Å². The average molecular weight is 187 g/mol. The van der Waals surface area contributed by atoms with Crippen molar-refractivity contribution in [2.45, 2.75) is 25.3 Å². The summed E-state index contributed by atoms with van der Waals surface area (Å²) >= 11 is 0. The fourth-order valence-corrected chi connectivity index (χ4v) is 5.43. The maximum Gasteiger partial charge on any atom is 0.214 e. The first-order chi connectivity index (χ1) is 5.56. The van der Waals surface area contributed by atoms with Crippen molar-refractivity contribution >= 4 is 10.0 Å². The first kappa shape index (κ1) is 7.33. The van der Waals surface area contributed by atoms with Gasteiger partial charge < -0.3 is 0 Å². The van der Waals surface area contributed by atoms with E-state index < -0.39 is 10.0 Å². The molecule has 0 aromatic heterocycles. The highest BCUT2D eigenvalue weighted by Gasteiger charge is 2.68. The molecule has 3 fully saturated rings. The Labute approximate surface area is 72.8 Å². The first-order valence-electron chi connectivity index (χ1n) is 4.52. The molecule has 0 bridgehead atoms. The number of sulfonamides is 1. The van der Waals surface area contributed by atoms with E-state index in [9.17, 15) is 8.42 Å². The number of nitrogens with zero attached hydrogens (tertiary/aromatic N) is 1. The normalized spacial score (nSPS) is 55.1. The molecule has 4 heteroatoms. The molecular weight excluding hydrogens is 174 g/mol. The van der Waals surface area contributed by atoms with Gasteiger partial charge in [-0.15, -0.1) is 0 Å². The van der Waals surface area contributed by atoms with Gasteiger partial charge in [-0.2, -0.15) is 0 Å². The van der Waals surface area contributed by atoms with E-state index in [1.54, 1.807) is 11.4 Å². The molecule has 0 N–H and O–H groups in total. The Hall–Kier alpha value is -0.0900. The molecule has 3 aliphatic rings. The fraction of sp³-hybridized carbons (Fsp3) is 1.00. The second-order valence-corrected chi connectivity index (χ2v) is 6.52. The molecule has 1 saturated heterocycles. The van der Waals surface area contributed by atoms with Crippen molar-refractivity contribution in [2.24, 2.45) is 11.3 Å². The van der Waals surface area contributed by atoms with Crippen LogP contribution in [-0.2, 0) is 10.0 Å². The van der Waals surface area contributed by atoms with Gasteiger partial charge in [-0.25, -0.2) is 12.7 Å². The Morgan fingerprint density at radius 1 is 1.50 bits per heavy atom. The SMILES string of the molecule is CN1[C@H]2CC3CC[C@@]32CS1(=O)=O. The Morgan fingerprint density at radius 3 is 2.58 bits per heavy atom. The Bertz CT molecular complexity index is 337. The van der Waals surface area contributed by atoms with Crippen LogP contribution in [0.15, 0.2) is 0 Å². The Morgan fingerprint density at radius 2 is 2.25 bits per heavy atom. The Balaban J connectivity index is 2.05. The molecule has 2 saturated carbocycles. The van der Waals surface area contributed by atoms with Gasteiger partial charge in [0.15, 0.2) is 0 Å². The van der Waals surface area contributed by atoms with Crippen LogP contribution in [-0.4, -0.2) is 31.6 Å². The fourth-order valence-electron chi connectivity index (χ4n) is 3.29. The second kappa shape index (κ2) is 1.73. The molecule has 3 nitrogen and oxygen atoms in total. The summed E-state index contributed by atoms with van der Waals surface area (Å²) in [7, 11) is -1.13. The van der Waals surface area contributed by atoms with Crippen molar-refractivity contribution in [1.82, 2.24) is 4.31 Å². The smallest absolute Gasteiger partial charge is 0.212 e. The molecule has 1 spiro atoms. The van der Waals surface area contributed by atoms with E-state index in [1.165, 1.54) is 6.42 Å². The van der Waals surface area contributed by atoms with E-state index in [2.05, 4.69) is 0 Å². The molecule has 3 rings (SSSR count). The number of hydrogen-bond acceptors (Lipinski definition) is 2. The van der Waals surface area contributed by atoms with Crippen molar-refractivity contribution in [2.75, 3.05) is 12.8 Å². The number of hydrogen-bond donors (Lipinski definition) is 0. The van der Waals surface area contributed by atoms with Crippen LogP contribution in [0.3, 0.4) is 0 Å². The summed E-state index contributed by atoms with van der Waals surface area (Å²) in [5, 5.41) is 0. The van der Waals surface area contributed by atoms with E-state index >= 15 is 0 Å². The summed E-state index contributed by atoms with van der Waals surface area (Å²) in [6.07, 6.45) is 3.53. The van der Waals surface area contributed by atoms with Gasteiger partial charge in [-0.1, -0.05) is 0 Å². The summed E-state index contributed by atoms with van der Waals surface area (Å²) < 4.78 is 24.7. The third kappa shape index (κ3) is 0.547. The third-order valence-corrected chi connectivity index (χ3v) is 6.31. The molecule has 3 atom stereocenters. The molecule has 12 heavy (non-hydrogen) atoms. The summed E-state index contributed by atoms with van der Waals surface area (Å²) in [4.78, 5) is 0. The van der Waals surface area contributed by atoms with E-state index in [1.807, 2.05) is 0 Å². The maximum atomic E-state index is 11.5. The highest BCUT2D eigenvalue weighted by Crippen LogP contribution is 2.66. The van der Waals surface area contributed by atoms with Crippen LogP contribution >= 0.6 is 0 Å². The zero-order valence-electron chi connectivity index (χ0n) is 7.16. The lowest BCUT2D eigenvalue weighted by Crippen LogP contribution is -2.61. The summed E-state index contributed by atoms with van der Waals surface area (Å²) in [6, 6.07) is 0.362. The largest absolute Gasteiger partial charge is 0.214 e. The predicted molar refractivity (Wildman–Crippen MR) is 45.1 cm³/mol. The van der Waals surface area contributed by atoms with Gasteiger partial charge in [0.05, 0.1) is 5.75 Å². The van der Waals surface area contributed by atoms with Crippen LogP contribution in [0.2, 0.25) is 0 Å². The average Bonchev–Trinajstić information content (AvgIpc) is 2.17.